The fourth-order valence-corrected chi connectivity index (χ4v) is 4.09. The largest absolute Gasteiger partial charge is 0.497 e. The van der Waals surface area contributed by atoms with Gasteiger partial charge in [-0.2, -0.15) is 0 Å². The molecular formula is C20H26N4O5. The van der Waals surface area contributed by atoms with Crippen LogP contribution >= 0.6 is 0 Å². The van der Waals surface area contributed by atoms with Gasteiger partial charge in [-0.3, -0.25) is 14.5 Å². The van der Waals surface area contributed by atoms with Gasteiger partial charge in [-0.1, -0.05) is 0 Å². The molecule has 3 aliphatic rings. The number of carbonyl (C=O) groups excluding carboxylic acids is 3. The average molecular weight is 402 g/mol. The summed E-state index contributed by atoms with van der Waals surface area (Å²) in [6, 6.07) is 6.23. The van der Waals surface area contributed by atoms with Crippen molar-refractivity contribution in [3.05, 3.63) is 24.3 Å². The van der Waals surface area contributed by atoms with Gasteiger partial charge in [0.1, 0.15) is 11.8 Å². The molecule has 9 nitrogen and oxygen atoms in total. The number of ether oxygens (including phenoxy) is 2. The summed E-state index contributed by atoms with van der Waals surface area (Å²) in [5.74, 6) is 0.492. The van der Waals surface area contributed by atoms with E-state index >= 15 is 0 Å². The molecule has 0 bridgehead atoms. The SMILES string of the molecule is COc1ccc(N2CC(C(=O)N3CCC(C(=O)N4CCOCC4)C3)NC2=O)cc1. The van der Waals surface area contributed by atoms with Crippen LogP contribution < -0.4 is 15.0 Å². The van der Waals surface area contributed by atoms with Crippen molar-refractivity contribution in [3.63, 3.8) is 0 Å². The number of urea groups is 1. The second-order valence-electron chi connectivity index (χ2n) is 7.52. The number of benzene rings is 1. The summed E-state index contributed by atoms with van der Waals surface area (Å²) in [4.78, 5) is 43.1. The zero-order valence-electron chi connectivity index (χ0n) is 16.5. The molecule has 3 fully saturated rings. The van der Waals surface area contributed by atoms with E-state index in [0.717, 1.165) is 0 Å². The molecule has 2 unspecified atom stereocenters. The molecule has 4 amide bonds. The number of likely N-dealkylation sites (tertiary alicyclic amines) is 1. The molecule has 0 aromatic heterocycles. The van der Waals surface area contributed by atoms with Crippen molar-refractivity contribution < 1.29 is 23.9 Å². The Hall–Kier alpha value is -2.81. The van der Waals surface area contributed by atoms with Crippen molar-refractivity contribution in [2.75, 3.05) is 57.9 Å². The highest BCUT2D eigenvalue weighted by molar-refractivity contribution is 6.00. The summed E-state index contributed by atoms with van der Waals surface area (Å²) < 4.78 is 10.4. The molecule has 0 saturated carbocycles. The molecule has 0 aliphatic carbocycles. The van der Waals surface area contributed by atoms with E-state index in [0.29, 0.717) is 57.3 Å². The van der Waals surface area contributed by atoms with Gasteiger partial charge in [-0.25, -0.2) is 4.79 Å². The van der Waals surface area contributed by atoms with Gasteiger partial charge >= 0.3 is 6.03 Å². The minimum absolute atomic E-state index is 0.0962. The summed E-state index contributed by atoms with van der Waals surface area (Å²) in [5.41, 5.74) is 0.709. The van der Waals surface area contributed by atoms with Gasteiger partial charge in [0.05, 0.1) is 32.8 Å². The molecule has 29 heavy (non-hydrogen) atoms. The maximum atomic E-state index is 12.9. The lowest BCUT2D eigenvalue weighted by atomic mass is 10.1. The van der Waals surface area contributed by atoms with Gasteiger partial charge in [-0.15, -0.1) is 0 Å². The van der Waals surface area contributed by atoms with Crippen molar-refractivity contribution in [1.29, 1.82) is 0 Å². The van der Waals surface area contributed by atoms with E-state index in [-0.39, 0.29) is 30.3 Å². The Morgan fingerprint density at radius 3 is 2.45 bits per heavy atom. The fraction of sp³-hybridized carbons (Fsp3) is 0.550. The van der Waals surface area contributed by atoms with E-state index in [1.807, 2.05) is 4.90 Å². The number of methoxy groups -OCH3 is 1. The Bertz CT molecular complexity index is 778. The van der Waals surface area contributed by atoms with Gasteiger partial charge in [0.25, 0.3) is 0 Å². The minimum atomic E-state index is -0.609. The Kier molecular flexibility index (Phi) is 5.57. The third kappa shape index (κ3) is 4.00. The molecule has 3 aliphatic heterocycles. The first kappa shape index (κ1) is 19.5. The number of hydrogen-bond donors (Lipinski definition) is 1. The number of carbonyl (C=O) groups is 3. The molecular weight excluding hydrogens is 376 g/mol. The second kappa shape index (κ2) is 8.28. The summed E-state index contributed by atoms with van der Waals surface area (Å²) in [6.45, 7) is 3.56. The van der Waals surface area contributed by atoms with Gasteiger partial charge in [0.2, 0.25) is 11.8 Å². The Morgan fingerprint density at radius 1 is 1.03 bits per heavy atom. The summed E-state index contributed by atoms with van der Waals surface area (Å²) in [6.07, 6.45) is 0.658. The normalized spacial score (nSPS) is 24.6. The number of anilines is 1. The van der Waals surface area contributed by atoms with Crippen LogP contribution in [0.3, 0.4) is 0 Å². The molecule has 1 aromatic rings. The van der Waals surface area contributed by atoms with E-state index < -0.39 is 6.04 Å². The van der Waals surface area contributed by atoms with Crippen LogP contribution in [0.1, 0.15) is 6.42 Å². The number of morpholine rings is 1. The second-order valence-corrected chi connectivity index (χ2v) is 7.52. The Balaban J connectivity index is 1.35. The number of amides is 4. The zero-order valence-corrected chi connectivity index (χ0v) is 16.5. The smallest absolute Gasteiger partial charge is 0.322 e. The first-order valence-corrected chi connectivity index (χ1v) is 9.94. The van der Waals surface area contributed by atoms with E-state index in [2.05, 4.69) is 5.32 Å². The topological polar surface area (TPSA) is 91.4 Å². The molecule has 156 valence electrons. The summed E-state index contributed by atoms with van der Waals surface area (Å²) in [7, 11) is 1.58. The Labute approximate surface area is 169 Å². The van der Waals surface area contributed by atoms with Crippen LogP contribution in [0.15, 0.2) is 24.3 Å². The van der Waals surface area contributed by atoms with Gasteiger partial charge in [0.15, 0.2) is 0 Å². The first-order chi connectivity index (χ1) is 14.1. The lowest BCUT2D eigenvalue weighted by molar-refractivity contribution is -0.139. The van der Waals surface area contributed by atoms with Gasteiger partial charge in [0, 0.05) is 31.9 Å². The fourth-order valence-electron chi connectivity index (χ4n) is 4.09. The number of nitrogens with one attached hydrogen (secondary N) is 1. The van der Waals surface area contributed by atoms with Crippen LogP contribution in [0.5, 0.6) is 5.75 Å². The van der Waals surface area contributed by atoms with Crippen molar-refractivity contribution >= 4 is 23.5 Å². The highest BCUT2D eigenvalue weighted by Gasteiger charge is 2.40. The maximum absolute atomic E-state index is 12.9. The quantitative estimate of drug-likeness (QED) is 0.782. The summed E-state index contributed by atoms with van der Waals surface area (Å²) >= 11 is 0. The van der Waals surface area contributed by atoms with Gasteiger partial charge < -0.3 is 24.6 Å². The van der Waals surface area contributed by atoms with E-state index in [9.17, 15) is 14.4 Å². The molecule has 2 atom stereocenters. The van der Waals surface area contributed by atoms with Crippen LogP contribution in [-0.4, -0.2) is 86.7 Å². The number of hydrogen-bond acceptors (Lipinski definition) is 5. The third-order valence-corrected chi connectivity index (χ3v) is 5.76. The standard InChI is InChI=1S/C20H26N4O5/c1-28-16-4-2-15(3-5-16)24-13-17(21-20(24)27)19(26)23-7-6-14(12-23)18(25)22-8-10-29-11-9-22/h2-5,14,17H,6-13H2,1H3,(H,21,27). The van der Waals surface area contributed by atoms with Crippen LogP contribution in [0, 0.1) is 5.92 Å². The number of rotatable bonds is 4. The summed E-state index contributed by atoms with van der Waals surface area (Å²) in [5, 5.41) is 2.77. The maximum Gasteiger partial charge on any atom is 0.322 e. The predicted octanol–water partition coefficient (Wildman–Crippen LogP) is 0.301. The van der Waals surface area contributed by atoms with Crippen molar-refractivity contribution in [1.82, 2.24) is 15.1 Å². The molecule has 1 aromatic carbocycles. The molecule has 9 heteroatoms. The van der Waals surface area contributed by atoms with E-state index in [4.69, 9.17) is 9.47 Å². The van der Waals surface area contributed by atoms with Crippen LogP contribution in [-0.2, 0) is 14.3 Å². The van der Waals surface area contributed by atoms with Crippen LogP contribution in [0.4, 0.5) is 10.5 Å². The molecule has 4 rings (SSSR count). The average Bonchev–Trinajstić information content (AvgIpc) is 3.41. The minimum Gasteiger partial charge on any atom is -0.497 e. The molecule has 3 heterocycles. The van der Waals surface area contributed by atoms with Crippen molar-refractivity contribution in [3.8, 4) is 5.75 Å². The highest BCUT2D eigenvalue weighted by Crippen LogP contribution is 2.24. The first-order valence-electron chi connectivity index (χ1n) is 9.94. The third-order valence-electron chi connectivity index (χ3n) is 5.76. The van der Waals surface area contributed by atoms with E-state index in [1.165, 1.54) is 0 Å². The number of nitrogens with zero attached hydrogens (tertiary/aromatic N) is 3. The van der Waals surface area contributed by atoms with Crippen molar-refractivity contribution in [2.45, 2.75) is 12.5 Å². The zero-order chi connectivity index (χ0) is 20.4. The molecule has 0 radical (unpaired) electrons. The van der Waals surface area contributed by atoms with Crippen LogP contribution in [0.25, 0.3) is 0 Å². The lowest BCUT2D eigenvalue weighted by Crippen LogP contribution is -2.46. The predicted molar refractivity (Wildman–Crippen MR) is 105 cm³/mol. The lowest BCUT2D eigenvalue weighted by Gasteiger charge is -2.29. The highest BCUT2D eigenvalue weighted by atomic mass is 16.5. The van der Waals surface area contributed by atoms with Crippen molar-refractivity contribution in [2.24, 2.45) is 5.92 Å². The van der Waals surface area contributed by atoms with Gasteiger partial charge in [-0.05, 0) is 30.7 Å². The van der Waals surface area contributed by atoms with Crippen LogP contribution in [0.2, 0.25) is 0 Å². The molecule has 0 spiro atoms. The molecule has 3 saturated heterocycles. The Morgan fingerprint density at radius 2 is 1.76 bits per heavy atom. The molecule has 1 N–H and O–H groups in total. The monoisotopic (exact) mass is 402 g/mol. The van der Waals surface area contributed by atoms with E-state index in [1.54, 1.807) is 41.2 Å².